The second-order valence-corrected chi connectivity index (χ2v) is 5.23. The number of esters is 1. The number of hydrogen-bond donors (Lipinski definition) is 2. The smallest absolute Gasteiger partial charge is 0.331 e. The van der Waals surface area contributed by atoms with Crippen molar-refractivity contribution in [3.63, 3.8) is 0 Å². The number of nitrogens with zero attached hydrogens (tertiary/aromatic N) is 1. The topological polar surface area (TPSA) is 88.5 Å². The summed E-state index contributed by atoms with van der Waals surface area (Å²) >= 11 is 0. The van der Waals surface area contributed by atoms with E-state index in [9.17, 15) is 14.7 Å². The Morgan fingerprint density at radius 2 is 2.12 bits per heavy atom. The average molecular weight is 332 g/mol. The van der Waals surface area contributed by atoms with Gasteiger partial charge in [0.25, 0.3) is 0 Å². The largest absolute Gasteiger partial charge is 0.464 e. The Hall–Kier alpha value is -2.39. The normalized spacial score (nSPS) is 12.5. The lowest BCUT2D eigenvalue weighted by atomic mass is 10.1. The number of hydrogen-bond acceptors (Lipinski definition) is 5. The lowest BCUT2D eigenvalue weighted by molar-refractivity contribution is -0.150. The Morgan fingerprint density at radius 1 is 1.38 bits per heavy atom. The molecule has 1 aromatic heterocycles. The molecule has 0 radical (unpaired) electrons. The van der Waals surface area contributed by atoms with Gasteiger partial charge in [-0.2, -0.15) is 0 Å². The van der Waals surface area contributed by atoms with Gasteiger partial charge in [0.2, 0.25) is 5.91 Å². The third-order valence-electron chi connectivity index (χ3n) is 3.16. The van der Waals surface area contributed by atoms with Crippen LogP contribution >= 0.6 is 0 Å². The molecule has 1 aromatic rings. The van der Waals surface area contributed by atoms with E-state index in [1.165, 1.54) is 6.92 Å². The van der Waals surface area contributed by atoms with E-state index in [1.54, 1.807) is 25.1 Å². The number of nitrogens with one attached hydrogen (secondary N) is 1. The maximum absolute atomic E-state index is 12.0. The Morgan fingerprint density at radius 3 is 2.75 bits per heavy atom. The van der Waals surface area contributed by atoms with Crippen molar-refractivity contribution in [1.29, 1.82) is 0 Å². The molecule has 24 heavy (non-hydrogen) atoms. The molecule has 1 rings (SSSR count). The molecule has 0 aliphatic carbocycles. The molecule has 0 aromatic carbocycles. The van der Waals surface area contributed by atoms with E-state index in [-0.39, 0.29) is 12.3 Å². The number of aliphatic hydroxyl groups is 1. The minimum atomic E-state index is -1.31. The van der Waals surface area contributed by atoms with Crippen LogP contribution in [0.25, 0.3) is 0 Å². The molecule has 2 N–H and O–H groups in total. The van der Waals surface area contributed by atoms with Gasteiger partial charge in [-0.25, -0.2) is 9.78 Å². The molecular weight excluding hydrogens is 308 g/mol. The number of rotatable bonds is 7. The summed E-state index contributed by atoms with van der Waals surface area (Å²) in [7, 11) is 0. The lowest BCUT2D eigenvalue weighted by Crippen LogP contribution is -2.45. The van der Waals surface area contributed by atoms with E-state index < -0.39 is 24.0 Å². The molecule has 0 aliphatic rings. The molecule has 0 saturated heterocycles. The molecule has 1 heterocycles. The van der Waals surface area contributed by atoms with Gasteiger partial charge in [0.05, 0.1) is 12.3 Å². The van der Waals surface area contributed by atoms with Crippen molar-refractivity contribution in [2.75, 3.05) is 6.61 Å². The van der Waals surface area contributed by atoms with Crippen molar-refractivity contribution in [3.05, 3.63) is 29.6 Å². The zero-order valence-electron chi connectivity index (χ0n) is 14.3. The van der Waals surface area contributed by atoms with Crippen LogP contribution in [0.2, 0.25) is 0 Å². The third-order valence-corrected chi connectivity index (χ3v) is 3.16. The minimum Gasteiger partial charge on any atom is -0.464 e. The van der Waals surface area contributed by atoms with Gasteiger partial charge in [-0.15, -0.1) is 0 Å². The summed E-state index contributed by atoms with van der Waals surface area (Å²) in [5.74, 6) is 4.80. The second kappa shape index (κ2) is 10.4. The van der Waals surface area contributed by atoms with E-state index in [4.69, 9.17) is 4.74 Å². The van der Waals surface area contributed by atoms with E-state index >= 15 is 0 Å². The van der Waals surface area contributed by atoms with E-state index in [1.807, 2.05) is 0 Å². The zero-order chi connectivity index (χ0) is 17.9. The molecule has 6 nitrogen and oxygen atoms in total. The molecule has 2 atom stereocenters. The number of aliphatic hydroxyl groups excluding tert-OH is 1. The fourth-order valence-electron chi connectivity index (χ4n) is 1.99. The number of unbranched alkanes of at least 4 members (excludes halogenated alkanes) is 2. The fraction of sp³-hybridized carbons (Fsp3) is 0.500. The van der Waals surface area contributed by atoms with Crippen LogP contribution in [0, 0.1) is 11.8 Å². The molecule has 0 saturated carbocycles. The first-order valence-corrected chi connectivity index (χ1v) is 8.07. The quantitative estimate of drug-likeness (QED) is 0.451. The van der Waals surface area contributed by atoms with Gasteiger partial charge in [-0.3, -0.25) is 4.79 Å². The second-order valence-electron chi connectivity index (χ2n) is 5.23. The first-order chi connectivity index (χ1) is 11.5. The number of carbonyl (C=O) groups is 2. The summed E-state index contributed by atoms with van der Waals surface area (Å²) in [6.07, 6.45) is 1.55. The highest BCUT2D eigenvalue weighted by atomic mass is 16.5. The van der Waals surface area contributed by atoms with Crippen molar-refractivity contribution in [1.82, 2.24) is 10.3 Å². The van der Waals surface area contributed by atoms with Gasteiger partial charge >= 0.3 is 5.97 Å². The maximum atomic E-state index is 12.0. The van der Waals surface area contributed by atoms with Crippen molar-refractivity contribution < 1.29 is 19.4 Å². The van der Waals surface area contributed by atoms with Crippen LogP contribution < -0.4 is 5.32 Å². The van der Waals surface area contributed by atoms with Crippen LogP contribution in [0.5, 0.6) is 0 Å². The Labute approximate surface area is 142 Å². The van der Waals surface area contributed by atoms with Crippen LogP contribution in [0.3, 0.4) is 0 Å². The molecule has 2 unspecified atom stereocenters. The van der Waals surface area contributed by atoms with E-state index in [2.05, 4.69) is 29.1 Å². The van der Waals surface area contributed by atoms with E-state index in [0.29, 0.717) is 5.69 Å². The molecule has 0 spiro atoms. The number of carbonyl (C=O) groups excluding carboxylic acids is 2. The van der Waals surface area contributed by atoms with Gasteiger partial charge in [-0.1, -0.05) is 25.3 Å². The maximum Gasteiger partial charge on any atom is 0.331 e. The van der Waals surface area contributed by atoms with Crippen LogP contribution in [0.15, 0.2) is 18.2 Å². The summed E-state index contributed by atoms with van der Waals surface area (Å²) in [6, 6.07) is 3.80. The Kier molecular flexibility index (Phi) is 8.52. The molecule has 130 valence electrons. The fourth-order valence-corrected chi connectivity index (χ4v) is 1.99. The summed E-state index contributed by atoms with van der Waals surface area (Å²) in [5, 5.41) is 12.8. The van der Waals surface area contributed by atoms with Crippen LogP contribution in [0.4, 0.5) is 0 Å². The van der Waals surface area contributed by atoms with Crippen LogP contribution in [0.1, 0.15) is 57.5 Å². The Balaban J connectivity index is 2.96. The van der Waals surface area contributed by atoms with E-state index in [0.717, 1.165) is 19.3 Å². The molecule has 6 heteroatoms. The predicted octanol–water partition coefficient (Wildman–Crippen LogP) is 1.72. The van der Waals surface area contributed by atoms with Crippen LogP contribution in [-0.4, -0.2) is 34.6 Å². The molecule has 0 fully saturated rings. The number of ether oxygens (including phenoxy) is 1. The summed E-state index contributed by atoms with van der Waals surface area (Å²) in [5.41, 5.74) is 0.761. The number of aromatic nitrogens is 1. The predicted molar refractivity (Wildman–Crippen MR) is 89.8 cm³/mol. The third kappa shape index (κ3) is 6.39. The van der Waals surface area contributed by atoms with Crippen LogP contribution in [-0.2, 0) is 14.3 Å². The van der Waals surface area contributed by atoms with Crippen molar-refractivity contribution in [3.8, 4) is 11.8 Å². The molecule has 0 bridgehead atoms. The van der Waals surface area contributed by atoms with Gasteiger partial charge in [-0.05, 0) is 31.4 Å². The van der Waals surface area contributed by atoms with Crippen molar-refractivity contribution in [2.24, 2.45) is 0 Å². The summed E-state index contributed by atoms with van der Waals surface area (Å²) in [4.78, 5) is 27.5. The number of pyridine rings is 1. The lowest BCUT2D eigenvalue weighted by Gasteiger charge is -2.21. The van der Waals surface area contributed by atoms with Crippen molar-refractivity contribution >= 4 is 11.9 Å². The molecule has 0 aliphatic heterocycles. The highest BCUT2D eigenvalue weighted by Gasteiger charge is 2.31. The monoisotopic (exact) mass is 332 g/mol. The van der Waals surface area contributed by atoms with Gasteiger partial charge < -0.3 is 15.2 Å². The molecule has 1 amide bonds. The van der Waals surface area contributed by atoms with Gasteiger partial charge in [0, 0.05) is 13.3 Å². The minimum absolute atomic E-state index is 0.151. The highest BCUT2D eigenvalue weighted by molar-refractivity contribution is 5.83. The average Bonchev–Trinajstić information content (AvgIpc) is 2.56. The first-order valence-electron chi connectivity index (χ1n) is 8.07. The van der Waals surface area contributed by atoms with Gasteiger partial charge in [0.15, 0.2) is 6.04 Å². The molecular formula is C18H24N2O4. The SMILES string of the molecule is CCCCC#Cc1cccc(C(O)C(NC(C)=O)C(=O)OCC)n1. The summed E-state index contributed by atoms with van der Waals surface area (Å²) < 4.78 is 4.90. The standard InChI is InChI=1S/C18H24N2O4/c1-4-6-7-8-10-14-11-9-12-15(20-14)17(22)16(19-13(3)21)18(23)24-5-2/h9,11-12,16-17,22H,4-7H2,1-3H3,(H,19,21). The van der Waals surface area contributed by atoms with Gasteiger partial charge in [0.1, 0.15) is 11.8 Å². The van der Waals surface area contributed by atoms with Crippen molar-refractivity contribution in [2.45, 2.75) is 52.2 Å². The highest BCUT2D eigenvalue weighted by Crippen LogP contribution is 2.16. The Bertz CT molecular complexity index is 619. The summed E-state index contributed by atoms with van der Waals surface area (Å²) in [6.45, 7) is 5.16. The first kappa shape index (κ1) is 19.7. The zero-order valence-corrected chi connectivity index (χ0v) is 14.3. The number of amides is 1.